The molecule has 0 saturated heterocycles. The average molecular weight is 1150 g/mol. The second-order valence-electron chi connectivity index (χ2n) is 21.6. The van der Waals surface area contributed by atoms with Crippen LogP contribution >= 0.6 is 0 Å². The van der Waals surface area contributed by atoms with Gasteiger partial charge in [-0.25, -0.2) is 15.0 Å². The van der Waals surface area contributed by atoms with E-state index < -0.39 is 17.1 Å². The number of H-pyrrole nitrogens is 3. The summed E-state index contributed by atoms with van der Waals surface area (Å²) in [4.78, 5) is 29.6. The number of hydrogen-bond donors (Lipinski definition) is 9. The highest BCUT2D eigenvalue weighted by atomic mass is 16.5. The Bertz CT molecular complexity index is 4270. The molecule has 6 heterocycles. The first-order valence-electron chi connectivity index (χ1n) is 27.7. The van der Waals surface area contributed by atoms with Crippen molar-refractivity contribution in [2.24, 2.45) is 0 Å². The minimum atomic E-state index is -1.06. The van der Waals surface area contributed by atoms with Crippen molar-refractivity contribution in [2.45, 2.75) is 77.8 Å². The Hall–Kier alpha value is -10.4. The van der Waals surface area contributed by atoms with Gasteiger partial charge < -0.3 is 73.4 Å². The van der Waals surface area contributed by atoms with Crippen LogP contribution in [0, 0.1) is 16.2 Å². The number of aromatic nitrogens is 6. The zero-order chi connectivity index (χ0) is 59.8. The predicted molar refractivity (Wildman–Crippen MR) is 329 cm³/mol. The smallest absolute Gasteiger partial charge is 0.145 e. The number of rotatable bonds is 18. The third-order valence-electron chi connectivity index (χ3n) is 16.6. The number of para-hydroxylation sites is 2. The monoisotopic (exact) mass is 1140 g/mol. The van der Waals surface area contributed by atoms with Gasteiger partial charge >= 0.3 is 0 Å². The van der Waals surface area contributed by atoms with E-state index in [0.29, 0.717) is 110 Å². The minimum Gasteiger partial charge on any atom is -0.509 e. The van der Waals surface area contributed by atoms with Crippen LogP contribution in [0.1, 0.15) is 76.1 Å². The Morgan fingerprint density at radius 2 is 0.871 bits per heavy atom. The number of amidine groups is 3. The summed E-state index contributed by atoms with van der Waals surface area (Å²) in [5.74, 6) is 4.26. The fraction of sp³-hybridized carbons (Fsp3) is 0.250. The molecule has 0 amide bonds. The predicted octanol–water partition coefficient (Wildman–Crippen LogP) is 12.5. The van der Waals surface area contributed by atoms with Gasteiger partial charge in [-0.1, -0.05) is 38.1 Å². The van der Waals surface area contributed by atoms with E-state index in [1.54, 1.807) is 79.5 Å². The van der Waals surface area contributed by atoms with E-state index in [1.807, 2.05) is 113 Å². The van der Waals surface area contributed by atoms with E-state index in [0.717, 1.165) is 22.2 Å². The van der Waals surface area contributed by atoms with E-state index in [4.69, 9.17) is 38.4 Å². The number of aromatic amines is 3. The first-order chi connectivity index (χ1) is 40.9. The molecule has 21 nitrogen and oxygen atoms in total. The van der Waals surface area contributed by atoms with Crippen LogP contribution in [0.4, 0.5) is 17.1 Å². The second kappa shape index (κ2) is 21.1. The molecule has 0 aliphatic carbocycles. The summed E-state index contributed by atoms with van der Waals surface area (Å²) in [6.45, 7) is 9.79. The number of ether oxygens (including phenoxy) is 6. The molecule has 0 unspecified atom stereocenters. The normalized spacial score (nSPS) is 19.0. The standard InChI is InChI=1S/C64H64N12O9/c1-10-63(4)55(78)52(58(66)75(63)37-24-40(81-7)28-41(25-37)82-8)61-70-48-19-17-35(21-50(48)72-61)32-85-44-27-38(26-42(30-44)83-9)76-59(67)53(56(79)64(76,5)11-2)62-71-47-18-16-34(20-49(47)73-62)31-84-43-23-36(22-39(29-43)80-6)74-33(3)54(77)51(57(74)65)60-68-45-14-12-13-15-46(45)69-60/h12-30,33,65-67,77-79H,10-11,31-32H2,1-9H3,(H,68,69)(H,70,72)(H,71,73)/t33-,63-,64+/m0/s1. The van der Waals surface area contributed by atoms with Crippen molar-refractivity contribution in [3.63, 3.8) is 0 Å². The maximum Gasteiger partial charge on any atom is 0.145 e. The molecule has 0 radical (unpaired) electrons. The zero-order valence-corrected chi connectivity index (χ0v) is 48.3. The number of nitrogens with one attached hydrogen (secondary N) is 6. The molecule has 0 spiro atoms. The maximum absolute atomic E-state index is 12.2. The maximum atomic E-state index is 12.2. The Kier molecular flexibility index (Phi) is 13.7. The van der Waals surface area contributed by atoms with Crippen LogP contribution in [-0.4, -0.2) is 108 Å². The first-order valence-corrected chi connectivity index (χ1v) is 27.7. The van der Waals surface area contributed by atoms with Crippen LogP contribution in [0.3, 0.4) is 0 Å². The Labute approximate surface area is 488 Å². The van der Waals surface area contributed by atoms with Crippen molar-refractivity contribution in [3.8, 4) is 34.5 Å². The fourth-order valence-electron chi connectivity index (χ4n) is 11.6. The summed E-state index contributed by atoms with van der Waals surface area (Å²) in [7, 11) is 6.25. The number of hydrogen-bond acceptors (Lipinski definition) is 15. The summed E-state index contributed by atoms with van der Waals surface area (Å²) >= 11 is 0. The third kappa shape index (κ3) is 9.18. The molecular weight excluding hydrogens is 1080 g/mol. The first kappa shape index (κ1) is 55.1. The number of aliphatic hydroxyl groups excluding tert-OH is 3. The molecule has 3 aliphatic rings. The SMILES string of the molecule is CC[C@@]1(C)C(O)=C(c2nc3ccc(COc4cc(OC)cc(N5C(=N)C(c6nc7ccc(COc8cc(OC)cc(N9C(=N)C(c%10nc%11ccccc%11[nH]%10)=C(O)[C@@H]9C)c8)cc7[nH]6)=C(O)[C@@]5(C)CC)c4)cc3[nH]2)C(=N)N1c1cc(OC)cc(OC)c1. The Balaban J connectivity index is 0.752. The lowest BCUT2D eigenvalue weighted by atomic mass is 9.95. The molecule has 9 aromatic rings. The number of nitrogens with zero attached hydrogens (tertiary/aromatic N) is 6. The number of methoxy groups -OCH3 is 4. The lowest BCUT2D eigenvalue weighted by molar-refractivity contribution is 0.302. The van der Waals surface area contributed by atoms with E-state index in [1.165, 1.54) is 0 Å². The van der Waals surface area contributed by atoms with Crippen LogP contribution in [0.5, 0.6) is 34.5 Å². The van der Waals surface area contributed by atoms with E-state index in [-0.39, 0.29) is 59.1 Å². The topological polar surface area (TPSA) is 283 Å². The lowest BCUT2D eigenvalue weighted by Gasteiger charge is -2.36. The number of aliphatic hydroxyl groups is 3. The highest BCUT2D eigenvalue weighted by molar-refractivity contribution is 6.33. The molecule has 434 valence electrons. The van der Waals surface area contributed by atoms with Crippen molar-refractivity contribution in [3.05, 3.63) is 161 Å². The van der Waals surface area contributed by atoms with Crippen LogP contribution in [0.2, 0.25) is 0 Å². The van der Waals surface area contributed by atoms with Gasteiger partial charge in [0.1, 0.15) is 111 Å². The Morgan fingerprint density at radius 1 is 0.482 bits per heavy atom. The van der Waals surface area contributed by atoms with Crippen molar-refractivity contribution >= 4 is 84.4 Å². The van der Waals surface area contributed by atoms with Gasteiger partial charge in [-0.3, -0.25) is 16.2 Å². The van der Waals surface area contributed by atoms with E-state index in [9.17, 15) is 31.5 Å². The van der Waals surface area contributed by atoms with Gasteiger partial charge in [0.05, 0.1) is 101 Å². The zero-order valence-electron chi connectivity index (χ0n) is 48.3. The fourth-order valence-corrected chi connectivity index (χ4v) is 11.6. The van der Waals surface area contributed by atoms with Crippen LogP contribution in [-0.2, 0) is 13.2 Å². The van der Waals surface area contributed by atoms with Gasteiger partial charge in [0.25, 0.3) is 0 Å². The van der Waals surface area contributed by atoms with Crippen molar-refractivity contribution in [1.82, 2.24) is 29.9 Å². The van der Waals surface area contributed by atoms with Crippen LogP contribution < -0.4 is 43.1 Å². The number of benzene rings is 6. The van der Waals surface area contributed by atoms with Crippen LogP contribution in [0.25, 0.3) is 49.8 Å². The molecule has 3 aliphatic heterocycles. The highest BCUT2D eigenvalue weighted by Crippen LogP contribution is 2.48. The van der Waals surface area contributed by atoms with Gasteiger partial charge in [-0.15, -0.1) is 0 Å². The van der Waals surface area contributed by atoms with Gasteiger partial charge in [0, 0.05) is 54.6 Å². The summed E-state index contributed by atoms with van der Waals surface area (Å²) in [5, 5.41) is 63.7. The van der Waals surface area contributed by atoms with Gasteiger partial charge in [0.2, 0.25) is 0 Å². The number of imidazole rings is 3. The van der Waals surface area contributed by atoms with Crippen LogP contribution in [0.15, 0.2) is 133 Å². The lowest BCUT2D eigenvalue weighted by Crippen LogP contribution is -2.45. The quantitative estimate of drug-likeness (QED) is 0.0386. The molecule has 0 saturated carbocycles. The molecule has 0 bridgehead atoms. The molecule has 85 heavy (non-hydrogen) atoms. The van der Waals surface area contributed by atoms with Crippen molar-refractivity contribution in [1.29, 1.82) is 16.2 Å². The average Bonchev–Trinajstić information content (AvgIpc) is 1.70. The molecule has 9 N–H and O–H groups in total. The molecule has 12 rings (SSSR count). The highest BCUT2D eigenvalue weighted by Gasteiger charge is 2.50. The molecule has 21 heteroatoms. The van der Waals surface area contributed by atoms with Gasteiger partial charge in [-0.05, 0) is 81.1 Å². The van der Waals surface area contributed by atoms with E-state index >= 15 is 0 Å². The summed E-state index contributed by atoms with van der Waals surface area (Å²) in [5.41, 5.74) is 6.32. The molecule has 3 aromatic heterocycles. The molecule has 3 atom stereocenters. The molecule has 6 aromatic carbocycles. The number of fused-ring (bicyclic) bond motifs is 3. The van der Waals surface area contributed by atoms with Gasteiger partial charge in [0.15, 0.2) is 0 Å². The van der Waals surface area contributed by atoms with Gasteiger partial charge in [-0.2, -0.15) is 0 Å². The third-order valence-corrected chi connectivity index (χ3v) is 16.6. The van der Waals surface area contributed by atoms with Crippen molar-refractivity contribution in [2.75, 3.05) is 43.1 Å². The number of anilines is 3. The Morgan fingerprint density at radius 3 is 1.32 bits per heavy atom. The minimum absolute atomic E-state index is 0.0177. The van der Waals surface area contributed by atoms with Crippen molar-refractivity contribution < 1.29 is 43.7 Å². The summed E-state index contributed by atoms with van der Waals surface area (Å²) in [6.07, 6.45) is 0.911. The molecular formula is C64H64N12O9. The summed E-state index contributed by atoms with van der Waals surface area (Å²) < 4.78 is 35.4. The summed E-state index contributed by atoms with van der Waals surface area (Å²) in [6, 6.07) is 34.4. The van der Waals surface area contributed by atoms with E-state index in [2.05, 4.69) is 19.9 Å². The largest absolute Gasteiger partial charge is 0.509 e. The molecule has 0 fully saturated rings. The second-order valence-corrected chi connectivity index (χ2v) is 21.6.